The van der Waals surface area contributed by atoms with Gasteiger partial charge in [0.25, 0.3) is 0 Å². The number of ether oxygens (including phenoxy) is 1. The number of nitrogens with one attached hydrogen (secondary N) is 2. The number of hydrogen-bond acceptors (Lipinski definition) is 4. The van der Waals surface area contributed by atoms with E-state index in [-0.39, 0.29) is 19.6 Å². The molecule has 0 fully saturated rings. The molecular formula is C14H18N2O5. The third kappa shape index (κ3) is 6.95. The van der Waals surface area contributed by atoms with Crippen LogP contribution < -0.4 is 10.6 Å². The van der Waals surface area contributed by atoms with Gasteiger partial charge in [0.05, 0.1) is 0 Å². The Bertz CT molecular complexity index is 489. The molecule has 0 aliphatic heterocycles. The molecule has 2 amide bonds. The van der Waals surface area contributed by atoms with Gasteiger partial charge in [-0.1, -0.05) is 30.3 Å². The summed E-state index contributed by atoms with van der Waals surface area (Å²) in [6.07, 6.45) is -0.555. The van der Waals surface area contributed by atoms with Crippen molar-refractivity contribution < 1.29 is 24.2 Å². The molecule has 21 heavy (non-hydrogen) atoms. The zero-order valence-corrected chi connectivity index (χ0v) is 11.7. The van der Waals surface area contributed by atoms with Crippen molar-refractivity contribution in [2.24, 2.45) is 0 Å². The van der Waals surface area contributed by atoms with Gasteiger partial charge in [-0.25, -0.2) is 9.59 Å². The molecule has 0 bridgehead atoms. The van der Waals surface area contributed by atoms with Crippen molar-refractivity contribution in [1.29, 1.82) is 0 Å². The van der Waals surface area contributed by atoms with Gasteiger partial charge in [0.2, 0.25) is 5.91 Å². The largest absolute Gasteiger partial charge is 0.480 e. The van der Waals surface area contributed by atoms with E-state index in [1.807, 2.05) is 30.3 Å². The van der Waals surface area contributed by atoms with Crippen LogP contribution in [0.15, 0.2) is 30.3 Å². The first kappa shape index (κ1) is 16.5. The number of amides is 2. The van der Waals surface area contributed by atoms with Crippen molar-refractivity contribution in [2.75, 3.05) is 6.54 Å². The molecule has 0 radical (unpaired) electrons. The van der Waals surface area contributed by atoms with Gasteiger partial charge >= 0.3 is 12.1 Å². The van der Waals surface area contributed by atoms with Gasteiger partial charge in [0.1, 0.15) is 12.6 Å². The second kappa shape index (κ2) is 8.57. The van der Waals surface area contributed by atoms with Gasteiger partial charge in [-0.05, 0) is 12.0 Å². The topological polar surface area (TPSA) is 105 Å². The molecule has 0 aliphatic rings. The van der Waals surface area contributed by atoms with Crippen LogP contribution in [0.2, 0.25) is 0 Å². The van der Waals surface area contributed by atoms with Crippen LogP contribution in [-0.4, -0.2) is 35.7 Å². The molecule has 0 saturated heterocycles. The molecule has 0 spiro atoms. The highest BCUT2D eigenvalue weighted by atomic mass is 16.5. The minimum absolute atomic E-state index is 0.0787. The second-order valence-electron chi connectivity index (χ2n) is 4.37. The quantitative estimate of drug-likeness (QED) is 0.692. The summed E-state index contributed by atoms with van der Waals surface area (Å²) in [4.78, 5) is 33.1. The predicted molar refractivity (Wildman–Crippen MR) is 74.5 cm³/mol. The molecule has 1 unspecified atom stereocenters. The van der Waals surface area contributed by atoms with E-state index in [2.05, 4.69) is 10.6 Å². The Hall–Kier alpha value is -2.57. The number of benzene rings is 1. The Balaban J connectivity index is 2.26. The van der Waals surface area contributed by atoms with E-state index in [1.54, 1.807) is 0 Å². The minimum atomic E-state index is -1.15. The van der Waals surface area contributed by atoms with Crippen LogP contribution in [0, 0.1) is 0 Å². The number of carbonyl (C=O) groups is 3. The maximum atomic E-state index is 11.4. The Morgan fingerprint density at radius 1 is 1.24 bits per heavy atom. The van der Waals surface area contributed by atoms with Crippen LogP contribution in [0.1, 0.15) is 18.9 Å². The van der Waals surface area contributed by atoms with Gasteiger partial charge < -0.3 is 20.5 Å². The first-order chi connectivity index (χ1) is 9.99. The smallest absolute Gasteiger partial charge is 0.407 e. The molecule has 1 atom stereocenters. The average Bonchev–Trinajstić information content (AvgIpc) is 2.44. The normalized spacial score (nSPS) is 11.3. The minimum Gasteiger partial charge on any atom is -0.480 e. The van der Waals surface area contributed by atoms with Crippen molar-refractivity contribution in [2.45, 2.75) is 26.0 Å². The van der Waals surface area contributed by atoms with Crippen molar-refractivity contribution >= 4 is 18.0 Å². The Labute approximate surface area is 122 Å². The fourth-order valence-electron chi connectivity index (χ4n) is 1.60. The van der Waals surface area contributed by atoms with Crippen LogP contribution in [0.25, 0.3) is 0 Å². The standard InChI is InChI=1S/C14H18N2O5/c1-10(17)16-12(13(18)19)7-8-15-14(20)21-9-11-5-3-2-4-6-11/h2-6,12H,7-9H2,1H3,(H,15,20)(H,16,17)(H,18,19). The van der Waals surface area contributed by atoms with Gasteiger partial charge in [-0.15, -0.1) is 0 Å². The van der Waals surface area contributed by atoms with E-state index < -0.39 is 24.0 Å². The summed E-state index contributed by atoms with van der Waals surface area (Å²) in [5.74, 6) is -1.58. The molecule has 0 aliphatic carbocycles. The number of carbonyl (C=O) groups excluding carboxylic acids is 2. The van der Waals surface area contributed by atoms with Gasteiger partial charge in [0.15, 0.2) is 0 Å². The Kier molecular flexibility index (Phi) is 6.73. The Morgan fingerprint density at radius 3 is 2.48 bits per heavy atom. The molecular weight excluding hydrogens is 276 g/mol. The van der Waals surface area contributed by atoms with E-state index in [0.29, 0.717) is 0 Å². The first-order valence-electron chi connectivity index (χ1n) is 6.43. The highest BCUT2D eigenvalue weighted by Gasteiger charge is 2.18. The number of alkyl carbamates (subject to hydrolysis) is 1. The van der Waals surface area contributed by atoms with Crippen LogP contribution in [0.5, 0.6) is 0 Å². The fourth-order valence-corrected chi connectivity index (χ4v) is 1.60. The fraction of sp³-hybridized carbons (Fsp3) is 0.357. The van der Waals surface area contributed by atoms with E-state index in [4.69, 9.17) is 9.84 Å². The summed E-state index contributed by atoms with van der Waals surface area (Å²) in [5.41, 5.74) is 0.856. The van der Waals surface area contributed by atoms with Gasteiger partial charge in [-0.2, -0.15) is 0 Å². The van der Waals surface area contributed by atoms with Gasteiger partial charge in [-0.3, -0.25) is 4.79 Å². The number of rotatable bonds is 7. The molecule has 1 aromatic rings. The van der Waals surface area contributed by atoms with E-state index >= 15 is 0 Å². The summed E-state index contributed by atoms with van der Waals surface area (Å²) in [5, 5.41) is 13.6. The van der Waals surface area contributed by atoms with Crippen LogP contribution in [-0.2, 0) is 20.9 Å². The highest BCUT2D eigenvalue weighted by molar-refractivity contribution is 5.82. The number of carboxylic acid groups (broad SMARTS) is 1. The average molecular weight is 294 g/mol. The van der Waals surface area contributed by atoms with E-state index in [0.717, 1.165) is 5.56 Å². The maximum Gasteiger partial charge on any atom is 0.407 e. The third-order valence-electron chi connectivity index (χ3n) is 2.59. The van der Waals surface area contributed by atoms with Crippen molar-refractivity contribution in [3.05, 3.63) is 35.9 Å². The second-order valence-corrected chi connectivity index (χ2v) is 4.37. The molecule has 1 rings (SSSR count). The van der Waals surface area contributed by atoms with Crippen molar-refractivity contribution in [3.63, 3.8) is 0 Å². The van der Waals surface area contributed by atoms with E-state index in [9.17, 15) is 14.4 Å². The lowest BCUT2D eigenvalue weighted by atomic mass is 10.2. The van der Waals surface area contributed by atoms with Crippen LogP contribution >= 0.6 is 0 Å². The third-order valence-corrected chi connectivity index (χ3v) is 2.59. The lowest BCUT2D eigenvalue weighted by Gasteiger charge is -2.13. The maximum absolute atomic E-state index is 11.4. The molecule has 7 heteroatoms. The predicted octanol–water partition coefficient (Wildman–Crippen LogP) is 0.892. The zero-order chi connectivity index (χ0) is 15.7. The van der Waals surface area contributed by atoms with Crippen LogP contribution in [0.3, 0.4) is 0 Å². The van der Waals surface area contributed by atoms with Crippen LogP contribution in [0.4, 0.5) is 4.79 Å². The Morgan fingerprint density at radius 2 is 1.90 bits per heavy atom. The lowest BCUT2D eigenvalue weighted by Crippen LogP contribution is -2.42. The van der Waals surface area contributed by atoms with E-state index in [1.165, 1.54) is 6.92 Å². The molecule has 114 valence electrons. The SMILES string of the molecule is CC(=O)NC(CCNC(=O)OCc1ccccc1)C(=O)O. The molecule has 3 N–H and O–H groups in total. The number of aliphatic carboxylic acids is 1. The van der Waals surface area contributed by atoms with Gasteiger partial charge in [0, 0.05) is 13.5 Å². The molecule has 1 aromatic carbocycles. The molecule has 7 nitrogen and oxygen atoms in total. The first-order valence-corrected chi connectivity index (χ1v) is 6.43. The summed E-state index contributed by atoms with van der Waals surface area (Å²) in [6, 6.07) is 8.15. The summed E-state index contributed by atoms with van der Waals surface area (Å²) in [6.45, 7) is 1.46. The number of carboxylic acids is 1. The summed E-state index contributed by atoms with van der Waals surface area (Å²) >= 11 is 0. The monoisotopic (exact) mass is 294 g/mol. The zero-order valence-electron chi connectivity index (χ0n) is 11.7. The summed E-state index contributed by atoms with van der Waals surface area (Å²) < 4.78 is 4.97. The van der Waals surface area contributed by atoms with Crippen molar-refractivity contribution in [3.8, 4) is 0 Å². The molecule has 0 aromatic heterocycles. The number of hydrogen-bond donors (Lipinski definition) is 3. The highest BCUT2D eigenvalue weighted by Crippen LogP contribution is 2.00. The lowest BCUT2D eigenvalue weighted by molar-refractivity contribution is -0.141. The summed E-state index contributed by atoms with van der Waals surface area (Å²) in [7, 11) is 0. The van der Waals surface area contributed by atoms with Crippen molar-refractivity contribution in [1.82, 2.24) is 10.6 Å². The molecule has 0 heterocycles. The molecule has 0 saturated carbocycles.